The van der Waals surface area contributed by atoms with Crippen molar-refractivity contribution in [3.63, 3.8) is 0 Å². The zero-order valence-electron chi connectivity index (χ0n) is 28.9. The van der Waals surface area contributed by atoms with Crippen molar-refractivity contribution in [2.75, 3.05) is 0 Å². The first-order valence-electron chi connectivity index (χ1n) is 18.6. The van der Waals surface area contributed by atoms with Gasteiger partial charge in [0.15, 0.2) is 0 Å². The minimum atomic E-state index is -1.28. The second kappa shape index (κ2) is 16.6. The summed E-state index contributed by atoms with van der Waals surface area (Å²) >= 11 is 0. The van der Waals surface area contributed by atoms with Crippen LogP contribution < -0.4 is 22.2 Å². The largest absolute Gasteiger partial charge is 0.478 e. The molecule has 260 valence electrons. The second-order valence-corrected chi connectivity index (χ2v) is 14.4. The van der Waals surface area contributed by atoms with Crippen LogP contribution in [-0.4, -0.2) is 39.9 Å². The highest BCUT2D eigenvalue weighted by molar-refractivity contribution is 6.27. The summed E-state index contributed by atoms with van der Waals surface area (Å²) in [7, 11) is 0. The summed E-state index contributed by atoms with van der Waals surface area (Å²) in [5.74, 6) is -0.375. The highest BCUT2D eigenvalue weighted by Crippen LogP contribution is 2.35. The number of carboxylic acid groups (broad SMARTS) is 1. The molecule has 0 radical (unpaired) electrons. The van der Waals surface area contributed by atoms with E-state index in [9.17, 15) is 24.3 Å². The van der Waals surface area contributed by atoms with Gasteiger partial charge in [-0.1, -0.05) is 78.1 Å². The molecular weight excluding hydrogens is 604 g/mol. The van der Waals surface area contributed by atoms with Gasteiger partial charge in [-0.15, -0.1) is 0 Å². The number of nitrogens with two attached hydrogens (primary N) is 1. The van der Waals surface area contributed by atoms with Crippen LogP contribution in [0, 0.1) is 11.8 Å². The predicted octanol–water partition coefficient (Wildman–Crippen LogP) is 7.67. The lowest BCUT2D eigenvalue weighted by Gasteiger charge is -2.29. The van der Waals surface area contributed by atoms with Crippen molar-refractivity contribution in [3.8, 4) is 0 Å². The van der Waals surface area contributed by atoms with Crippen molar-refractivity contribution in [2.24, 2.45) is 22.6 Å². The second-order valence-electron chi connectivity index (χ2n) is 14.4. The molecule has 0 saturated heterocycles. The minimum absolute atomic E-state index is 0.0218. The Morgan fingerprint density at radius 1 is 0.792 bits per heavy atom. The van der Waals surface area contributed by atoms with Crippen molar-refractivity contribution < 1.29 is 14.7 Å². The molecule has 4 aromatic rings. The third kappa shape index (κ3) is 8.27. The molecular formula is C39H54N4O5. The van der Waals surface area contributed by atoms with E-state index in [1.54, 1.807) is 0 Å². The lowest BCUT2D eigenvalue weighted by atomic mass is 9.82. The summed E-state index contributed by atoms with van der Waals surface area (Å²) in [4.78, 5) is 60.4. The Bertz CT molecular complexity index is 1710. The van der Waals surface area contributed by atoms with Crippen LogP contribution in [0.1, 0.15) is 156 Å². The van der Waals surface area contributed by atoms with E-state index in [0.29, 0.717) is 11.8 Å². The molecule has 2 aliphatic carbocycles. The summed E-state index contributed by atoms with van der Waals surface area (Å²) < 4.78 is 0. The van der Waals surface area contributed by atoms with Gasteiger partial charge in [-0.2, -0.15) is 0 Å². The lowest BCUT2D eigenvalue weighted by molar-refractivity contribution is 0.0696. The number of rotatable bonds is 15. The summed E-state index contributed by atoms with van der Waals surface area (Å²) in [6.45, 7) is 4.43. The van der Waals surface area contributed by atoms with Crippen LogP contribution in [0.25, 0.3) is 21.5 Å². The van der Waals surface area contributed by atoms with Gasteiger partial charge in [-0.05, 0) is 81.4 Å². The molecule has 2 fully saturated rings. The van der Waals surface area contributed by atoms with Crippen molar-refractivity contribution in [2.45, 2.75) is 142 Å². The zero-order valence-corrected chi connectivity index (χ0v) is 28.9. The molecule has 2 aromatic heterocycles. The van der Waals surface area contributed by atoms with E-state index < -0.39 is 23.0 Å². The van der Waals surface area contributed by atoms with Crippen LogP contribution in [0.3, 0.4) is 0 Å². The Morgan fingerprint density at radius 2 is 1.33 bits per heavy atom. The fourth-order valence-electron chi connectivity index (χ4n) is 8.20. The maximum atomic E-state index is 14.0. The number of nitrogens with zero attached hydrogens (tertiary/aromatic N) is 1. The monoisotopic (exact) mass is 658 g/mol. The van der Waals surface area contributed by atoms with Crippen LogP contribution in [-0.2, 0) is 0 Å². The number of hydrogen-bond donors (Lipinski definition) is 4. The Morgan fingerprint density at radius 3 is 1.88 bits per heavy atom. The van der Waals surface area contributed by atoms with Gasteiger partial charge >= 0.3 is 5.97 Å². The normalized spacial score (nSPS) is 21.9. The first-order chi connectivity index (χ1) is 23.2. The maximum absolute atomic E-state index is 14.0. The summed E-state index contributed by atoms with van der Waals surface area (Å²) in [6.07, 6.45) is 20.0. The topological polar surface area (TPSA) is 155 Å². The first-order valence-corrected chi connectivity index (χ1v) is 18.6. The number of carbonyl (C=O) groups is 2. The van der Waals surface area contributed by atoms with E-state index in [-0.39, 0.29) is 56.2 Å². The number of aromatic carboxylic acids is 1. The van der Waals surface area contributed by atoms with Gasteiger partial charge in [-0.3, -0.25) is 24.4 Å². The molecule has 2 saturated carbocycles. The van der Waals surface area contributed by atoms with Crippen molar-refractivity contribution in [1.29, 1.82) is 0 Å². The molecule has 2 heterocycles. The summed E-state index contributed by atoms with van der Waals surface area (Å²) in [5, 5.41) is 14.3. The average molecular weight is 659 g/mol. The molecule has 0 spiro atoms. The highest BCUT2D eigenvalue weighted by atomic mass is 16.4. The van der Waals surface area contributed by atoms with E-state index in [1.807, 2.05) is 0 Å². The molecule has 0 atom stereocenters. The smallest absolute Gasteiger partial charge is 0.336 e. The fraction of sp³-hybridized carbons (Fsp3) is 0.615. The zero-order chi connectivity index (χ0) is 34.2. The Kier molecular flexibility index (Phi) is 12.3. The number of nitrogens with one attached hydrogen (secondary N) is 2. The predicted molar refractivity (Wildman–Crippen MR) is 194 cm³/mol. The molecule has 0 aliphatic heterocycles. The van der Waals surface area contributed by atoms with Crippen LogP contribution in [0.5, 0.6) is 0 Å². The number of aromatic nitrogens is 1. The van der Waals surface area contributed by atoms with E-state index >= 15 is 0 Å². The van der Waals surface area contributed by atoms with Gasteiger partial charge in [0.2, 0.25) is 0 Å². The number of fused-ring (bicyclic) bond motifs is 3. The molecule has 2 aliphatic rings. The van der Waals surface area contributed by atoms with E-state index in [4.69, 9.17) is 10.7 Å². The van der Waals surface area contributed by atoms with Crippen molar-refractivity contribution in [1.82, 2.24) is 10.3 Å². The quantitative estimate of drug-likeness (QED) is 0.0746. The highest BCUT2D eigenvalue weighted by Gasteiger charge is 2.29. The average Bonchev–Trinajstić information content (AvgIpc) is 3.28. The lowest BCUT2D eigenvalue weighted by Crippen LogP contribution is -2.38. The molecule has 2 bridgehead atoms. The molecule has 6 rings (SSSR count). The van der Waals surface area contributed by atoms with Crippen molar-refractivity contribution >= 4 is 39.3 Å². The number of amidine groups is 1. The molecule has 2 aromatic carbocycles. The van der Waals surface area contributed by atoms with Crippen molar-refractivity contribution in [3.05, 3.63) is 55.6 Å². The number of amides is 1. The molecule has 9 heteroatoms. The van der Waals surface area contributed by atoms with Crippen LogP contribution in [0.4, 0.5) is 0 Å². The third-order valence-electron chi connectivity index (χ3n) is 11.0. The minimum Gasteiger partial charge on any atom is -0.478 e. The number of unbranched alkanes of at least 4 members (excludes halogenated alkanes) is 6. The van der Waals surface area contributed by atoms with Gasteiger partial charge in [0, 0.05) is 38.7 Å². The molecule has 1 amide bonds. The van der Waals surface area contributed by atoms with Crippen LogP contribution in [0.2, 0.25) is 0 Å². The number of aliphatic imine (C=N–C) groups is 1. The SMILES string of the molecule is CCCCCCC1CCC(N=C(N)c2c(C(=O)O)cc(C(=O)NC3CCC(CCCCCC)CC3)c3c4ccc(c(=O)[nH]c4=O)c23)CC1. The molecule has 5 N–H and O–H groups in total. The number of benzene rings is 2. The van der Waals surface area contributed by atoms with Gasteiger partial charge < -0.3 is 16.2 Å². The maximum Gasteiger partial charge on any atom is 0.336 e. The molecule has 48 heavy (non-hydrogen) atoms. The number of hydrogen-bond acceptors (Lipinski definition) is 5. The number of carbonyl (C=O) groups excluding carboxylic acids is 1. The van der Waals surface area contributed by atoms with Gasteiger partial charge in [-0.25, -0.2) is 4.79 Å². The van der Waals surface area contributed by atoms with Crippen LogP contribution in [0.15, 0.2) is 32.8 Å². The summed E-state index contributed by atoms with van der Waals surface area (Å²) in [6, 6.07) is 4.24. The Balaban J connectivity index is 1.45. The van der Waals surface area contributed by atoms with E-state index in [1.165, 1.54) is 82.4 Å². The summed E-state index contributed by atoms with van der Waals surface area (Å²) in [5.41, 5.74) is 5.33. The van der Waals surface area contributed by atoms with Gasteiger partial charge in [0.25, 0.3) is 17.0 Å². The molecule has 0 unspecified atom stereocenters. The van der Waals surface area contributed by atoms with E-state index in [2.05, 4.69) is 24.1 Å². The number of H-pyrrole nitrogens is 1. The van der Waals surface area contributed by atoms with Crippen LogP contribution >= 0.6 is 0 Å². The third-order valence-corrected chi connectivity index (χ3v) is 11.0. The van der Waals surface area contributed by atoms with E-state index in [0.717, 1.165) is 51.4 Å². The Labute approximate surface area is 283 Å². The molecule has 9 nitrogen and oxygen atoms in total. The number of aromatic amines is 1. The van der Waals surface area contributed by atoms with Gasteiger partial charge in [0.1, 0.15) is 5.84 Å². The standard InChI is InChI=1S/C39H54N4O5/c1-3-5-7-9-11-24-13-17-26(18-14-24)41-35(40)34-31(39(47)48)23-30(32-28-21-22-29(33(32)34)37(45)43-36(28)44)38(46)42-27-19-15-25(16-20-27)12-10-8-6-4-2/h21-27H,3-20H2,1-2H3,(H2,40,41)(H,42,46)(H,47,48)(H,43,44,45). The number of carboxylic acids is 1. The fourth-order valence-corrected chi connectivity index (χ4v) is 8.20. The Hall–Kier alpha value is -3.75. The van der Waals surface area contributed by atoms with Gasteiger partial charge in [0.05, 0.1) is 11.6 Å². The first kappa shape index (κ1) is 35.6.